The second-order valence-corrected chi connectivity index (χ2v) is 6.31. The van der Waals surface area contributed by atoms with Gasteiger partial charge in [0.25, 0.3) is 5.91 Å². The number of carbonyl (C=O) groups is 1. The van der Waals surface area contributed by atoms with Crippen molar-refractivity contribution in [3.63, 3.8) is 0 Å². The van der Waals surface area contributed by atoms with Gasteiger partial charge < -0.3 is 23.9 Å². The molecule has 0 bridgehead atoms. The zero-order chi connectivity index (χ0) is 21.1. The van der Waals surface area contributed by atoms with Gasteiger partial charge >= 0.3 is 0 Å². The van der Waals surface area contributed by atoms with Crippen LogP contribution in [-0.4, -0.2) is 37.2 Å². The normalized spacial score (nSPS) is 10.6. The third-order valence-electron chi connectivity index (χ3n) is 4.51. The molecular formula is C22H19N3O5. The SMILES string of the molecule is COc1cc(C(=O)Nc2ccc(-c3nc4ccncc4o3)cc2)cc(OC)c1OC. The van der Waals surface area contributed by atoms with Gasteiger partial charge in [-0.3, -0.25) is 9.78 Å². The van der Waals surface area contributed by atoms with Crippen LogP contribution in [0.3, 0.4) is 0 Å². The highest BCUT2D eigenvalue weighted by Crippen LogP contribution is 2.38. The number of anilines is 1. The Morgan fingerprint density at radius 2 is 1.67 bits per heavy atom. The van der Waals surface area contributed by atoms with Crippen LogP contribution in [0.1, 0.15) is 10.4 Å². The Morgan fingerprint density at radius 1 is 0.967 bits per heavy atom. The third-order valence-corrected chi connectivity index (χ3v) is 4.51. The van der Waals surface area contributed by atoms with Crippen molar-refractivity contribution in [3.8, 4) is 28.7 Å². The van der Waals surface area contributed by atoms with Crippen molar-refractivity contribution in [1.82, 2.24) is 9.97 Å². The highest BCUT2D eigenvalue weighted by atomic mass is 16.5. The van der Waals surface area contributed by atoms with Crippen LogP contribution in [0.2, 0.25) is 0 Å². The molecule has 8 nitrogen and oxygen atoms in total. The van der Waals surface area contributed by atoms with Crippen molar-refractivity contribution in [3.05, 3.63) is 60.4 Å². The van der Waals surface area contributed by atoms with E-state index in [2.05, 4.69) is 15.3 Å². The van der Waals surface area contributed by atoms with E-state index in [0.717, 1.165) is 11.1 Å². The molecule has 2 heterocycles. The molecule has 0 atom stereocenters. The summed E-state index contributed by atoms with van der Waals surface area (Å²) >= 11 is 0. The largest absolute Gasteiger partial charge is 0.493 e. The number of pyridine rings is 1. The first-order valence-electron chi connectivity index (χ1n) is 9.05. The van der Waals surface area contributed by atoms with Crippen LogP contribution < -0.4 is 19.5 Å². The molecule has 0 aliphatic carbocycles. The van der Waals surface area contributed by atoms with Gasteiger partial charge in [0.2, 0.25) is 11.6 Å². The summed E-state index contributed by atoms with van der Waals surface area (Å²) in [5.41, 5.74) is 3.14. The van der Waals surface area contributed by atoms with Crippen LogP contribution in [0.5, 0.6) is 17.2 Å². The molecule has 4 aromatic rings. The van der Waals surface area contributed by atoms with Crippen LogP contribution in [-0.2, 0) is 0 Å². The minimum Gasteiger partial charge on any atom is -0.493 e. The van der Waals surface area contributed by atoms with Crippen LogP contribution in [0.15, 0.2) is 59.3 Å². The van der Waals surface area contributed by atoms with E-state index in [4.69, 9.17) is 18.6 Å². The molecule has 2 aromatic heterocycles. The molecule has 4 rings (SSSR count). The summed E-state index contributed by atoms with van der Waals surface area (Å²) < 4.78 is 21.6. The maximum Gasteiger partial charge on any atom is 0.255 e. The monoisotopic (exact) mass is 405 g/mol. The molecule has 0 fully saturated rings. The Kier molecular flexibility index (Phi) is 5.21. The summed E-state index contributed by atoms with van der Waals surface area (Å²) in [7, 11) is 4.51. The first kappa shape index (κ1) is 19.3. The molecule has 0 spiro atoms. The summed E-state index contributed by atoms with van der Waals surface area (Å²) in [6.07, 6.45) is 3.29. The van der Waals surface area contributed by atoms with E-state index in [9.17, 15) is 4.79 Å². The summed E-state index contributed by atoms with van der Waals surface area (Å²) in [4.78, 5) is 21.2. The zero-order valence-corrected chi connectivity index (χ0v) is 16.6. The summed E-state index contributed by atoms with van der Waals surface area (Å²) in [5, 5.41) is 2.85. The summed E-state index contributed by atoms with van der Waals surface area (Å²) in [5.74, 6) is 1.41. The van der Waals surface area contributed by atoms with Crippen molar-refractivity contribution >= 4 is 22.7 Å². The number of carbonyl (C=O) groups excluding carboxylic acids is 1. The molecule has 152 valence electrons. The lowest BCUT2D eigenvalue weighted by Gasteiger charge is -2.14. The van der Waals surface area contributed by atoms with Gasteiger partial charge in [-0.2, -0.15) is 0 Å². The van der Waals surface area contributed by atoms with E-state index < -0.39 is 0 Å². The molecule has 1 amide bonds. The average Bonchev–Trinajstić information content (AvgIpc) is 3.22. The second-order valence-electron chi connectivity index (χ2n) is 6.31. The van der Waals surface area contributed by atoms with Crippen molar-refractivity contribution in [2.24, 2.45) is 0 Å². The molecule has 2 aromatic carbocycles. The Bertz CT molecular complexity index is 1140. The standard InChI is InChI=1S/C22H19N3O5/c1-27-17-10-14(11-18(28-2)20(17)29-3)21(26)24-15-6-4-13(5-7-15)22-25-16-8-9-23-12-19(16)30-22/h4-12H,1-3H3,(H,24,26). The van der Waals surface area contributed by atoms with E-state index >= 15 is 0 Å². The average molecular weight is 405 g/mol. The third kappa shape index (κ3) is 3.62. The molecular weight excluding hydrogens is 386 g/mol. The zero-order valence-electron chi connectivity index (χ0n) is 16.6. The fourth-order valence-electron chi connectivity index (χ4n) is 3.02. The van der Waals surface area contributed by atoms with Gasteiger partial charge in [-0.1, -0.05) is 0 Å². The number of hydrogen-bond acceptors (Lipinski definition) is 7. The van der Waals surface area contributed by atoms with Gasteiger partial charge in [-0.15, -0.1) is 0 Å². The molecule has 0 aliphatic rings. The maximum atomic E-state index is 12.7. The molecule has 0 saturated heterocycles. The number of hydrogen-bond donors (Lipinski definition) is 1. The van der Waals surface area contributed by atoms with Gasteiger partial charge in [0.05, 0.1) is 27.5 Å². The number of nitrogens with one attached hydrogen (secondary N) is 1. The van der Waals surface area contributed by atoms with Gasteiger partial charge in [-0.05, 0) is 42.5 Å². The molecule has 0 saturated carbocycles. The Balaban J connectivity index is 1.55. The number of rotatable bonds is 6. The summed E-state index contributed by atoms with van der Waals surface area (Å²) in [6, 6.07) is 12.2. The van der Waals surface area contributed by atoms with Gasteiger partial charge in [0, 0.05) is 23.0 Å². The number of amides is 1. The van der Waals surface area contributed by atoms with Crippen molar-refractivity contribution in [2.45, 2.75) is 0 Å². The second kappa shape index (κ2) is 8.12. The Hall–Kier alpha value is -4.07. The lowest BCUT2D eigenvalue weighted by Crippen LogP contribution is -2.12. The minimum atomic E-state index is -0.310. The molecule has 30 heavy (non-hydrogen) atoms. The predicted octanol–water partition coefficient (Wildman–Crippen LogP) is 4.17. The lowest BCUT2D eigenvalue weighted by molar-refractivity contribution is 0.102. The number of aromatic nitrogens is 2. The highest BCUT2D eigenvalue weighted by molar-refractivity contribution is 6.05. The molecule has 0 unspecified atom stereocenters. The van der Waals surface area contributed by atoms with Crippen LogP contribution in [0.4, 0.5) is 5.69 Å². The number of methoxy groups -OCH3 is 3. The number of oxazole rings is 1. The number of nitrogens with zero attached hydrogens (tertiary/aromatic N) is 2. The predicted molar refractivity (Wildman–Crippen MR) is 111 cm³/mol. The molecule has 0 radical (unpaired) electrons. The minimum absolute atomic E-state index is 0.310. The number of benzene rings is 2. The van der Waals surface area contributed by atoms with E-state index in [0.29, 0.717) is 40.0 Å². The summed E-state index contributed by atoms with van der Waals surface area (Å²) in [6.45, 7) is 0. The highest BCUT2D eigenvalue weighted by Gasteiger charge is 2.17. The van der Waals surface area contributed by atoms with Crippen molar-refractivity contribution in [1.29, 1.82) is 0 Å². The Labute approximate surface area is 172 Å². The fourth-order valence-corrected chi connectivity index (χ4v) is 3.02. The van der Waals surface area contributed by atoms with Crippen LogP contribution >= 0.6 is 0 Å². The number of ether oxygens (including phenoxy) is 3. The molecule has 8 heteroatoms. The molecule has 1 N–H and O–H groups in total. The Morgan fingerprint density at radius 3 is 2.27 bits per heavy atom. The van der Waals surface area contributed by atoms with E-state index in [1.165, 1.54) is 21.3 Å². The van der Waals surface area contributed by atoms with Gasteiger partial charge in [0.15, 0.2) is 17.1 Å². The van der Waals surface area contributed by atoms with Gasteiger partial charge in [0.1, 0.15) is 5.52 Å². The van der Waals surface area contributed by atoms with Gasteiger partial charge in [-0.25, -0.2) is 4.98 Å². The first-order chi connectivity index (χ1) is 14.6. The molecule has 0 aliphatic heterocycles. The smallest absolute Gasteiger partial charge is 0.255 e. The lowest BCUT2D eigenvalue weighted by atomic mass is 10.1. The van der Waals surface area contributed by atoms with E-state index in [-0.39, 0.29) is 5.91 Å². The van der Waals surface area contributed by atoms with E-state index in [1.807, 2.05) is 12.1 Å². The fraction of sp³-hybridized carbons (Fsp3) is 0.136. The van der Waals surface area contributed by atoms with Crippen LogP contribution in [0, 0.1) is 0 Å². The van der Waals surface area contributed by atoms with E-state index in [1.54, 1.807) is 42.7 Å². The topological polar surface area (TPSA) is 95.7 Å². The van der Waals surface area contributed by atoms with Crippen molar-refractivity contribution in [2.75, 3.05) is 26.6 Å². The van der Waals surface area contributed by atoms with Crippen LogP contribution in [0.25, 0.3) is 22.6 Å². The quantitative estimate of drug-likeness (QED) is 0.514. The first-order valence-corrected chi connectivity index (χ1v) is 9.05. The van der Waals surface area contributed by atoms with Crippen molar-refractivity contribution < 1.29 is 23.4 Å². The number of fused-ring (bicyclic) bond motifs is 1. The maximum absolute atomic E-state index is 12.7.